The van der Waals surface area contributed by atoms with E-state index in [-0.39, 0.29) is 11.7 Å². The zero-order chi connectivity index (χ0) is 22.0. The first-order valence-corrected chi connectivity index (χ1v) is 9.96. The zero-order valence-electron chi connectivity index (χ0n) is 18.0. The predicted molar refractivity (Wildman–Crippen MR) is 119 cm³/mol. The highest BCUT2D eigenvalue weighted by Crippen LogP contribution is 2.35. The average Bonchev–Trinajstić information content (AvgIpc) is 3.39. The van der Waals surface area contributed by atoms with Crippen molar-refractivity contribution in [2.75, 3.05) is 7.11 Å². The van der Waals surface area contributed by atoms with Crippen molar-refractivity contribution < 1.29 is 9.13 Å². The summed E-state index contributed by atoms with van der Waals surface area (Å²) in [5, 5.41) is 4.31. The fourth-order valence-electron chi connectivity index (χ4n) is 3.57. The Kier molecular flexibility index (Phi) is 5.66. The molecule has 2 aromatic heterocycles. The lowest BCUT2D eigenvalue weighted by Gasteiger charge is -2.19. The molecule has 0 radical (unpaired) electrons. The van der Waals surface area contributed by atoms with Gasteiger partial charge in [0.25, 0.3) is 0 Å². The first-order valence-electron chi connectivity index (χ1n) is 9.96. The van der Waals surface area contributed by atoms with E-state index < -0.39 is 0 Å². The van der Waals surface area contributed by atoms with E-state index >= 15 is 0 Å². The standard InChI is InChI=1S/C24H24FN5O/c1-16-13-30(15-26-16)22-12-21(17(2)18-5-8-20(25)9-6-18)19(11-23(22)31-4)7-10-24-27-14-29(3)28-24/h5-15,17H,1-4H3. The highest BCUT2D eigenvalue weighted by molar-refractivity contribution is 5.72. The molecule has 4 aromatic rings. The Morgan fingerprint density at radius 3 is 2.45 bits per heavy atom. The smallest absolute Gasteiger partial charge is 0.173 e. The Morgan fingerprint density at radius 2 is 1.84 bits per heavy atom. The largest absolute Gasteiger partial charge is 0.495 e. The zero-order valence-corrected chi connectivity index (χ0v) is 18.0. The number of ether oxygens (including phenoxy) is 1. The third-order valence-corrected chi connectivity index (χ3v) is 5.24. The molecule has 0 saturated heterocycles. The van der Waals surface area contributed by atoms with E-state index in [0.29, 0.717) is 5.82 Å². The molecular weight excluding hydrogens is 393 g/mol. The second kappa shape index (κ2) is 8.55. The van der Waals surface area contributed by atoms with Crippen LogP contribution in [0.1, 0.15) is 41.1 Å². The summed E-state index contributed by atoms with van der Waals surface area (Å²) in [7, 11) is 3.48. The summed E-state index contributed by atoms with van der Waals surface area (Å²) in [5.41, 5.74) is 4.87. The molecule has 1 atom stereocenters. The molecule has 2 aromatic carbocycles. The molecule has 1 unspecified atom stereocenters. The van der Waals surface area contributed by atoms with Crippen LogP contribution in [0.4, 0.5) is 4.39 Å². The molecule has 7 heteroatoms. The number of aromatic nitrogens is 5. The molecule has 0 fully saturated rings. The first-order chi connectivity index (χ1) is 14.9. The second-order valence-electron chi connectivity index (χ2n) is 7.46. The monoisotopic (exact) mass is 417 g/mol. The van der Waals surface area contributed by atoms with Crippen LogP contribution in [0, 0.1) is 12.7 Å². The molecule has 4 rings (SSSR count). The molecule has 0 spiro atoms. The van der Waals surface area contributed by atoms with Gasteiger partial charge in [0, 0.05) is 19.2 Å². The van der Waals surface area contributed by atoms with Crippen molar-refractivity contribution >= 4 is 12.2 Å². The Balaban J connectivity index is 1.85. The minimum atomic E-state index is -0.249. The highest BCUT2D eigenvalue weighted by atomic mass is 19.1. The van der Waals surface area contributed by atoms with Crippen LogP contribution in [-0.2, 0) is 7.05 Å². The maximum absolute atomic E-state index is 13.5. The lowest BCUT2D eigenvalue weighted by Crippen LogP contribution is -2.04. The van der Waals surface area contributed by atoms with Gasteiger partial charge in [-0.1, -0.05) is 25.1 Å². The van der Waals surface area contributed by atoms with Crippen LogP contribution in [-0.4, -0.2) is 31.4 Å². The molecule has 31 heavy (non-hydrogen) atoms. The molecule has 0 N–H and O–H groups in total. The van der Waals surface area contributed by atoms with Gasteiger partial charge in [0.15, 0.2) is 5.82 Å². The maximum Gasteiger partial charge on any atom is 0.173 e. The van der Waals surface area contributed by atoms with E-state index in [1.165, 1.54) is 12.1 Å². The Labute approximate surface area is 180 Å². The number of nitrogens with zero attached hydrogens (tertiary/aromatic N) is 5. The predicted octanol–water partition coefficient (Wildman–Crippen LogP) is 4.78. The van der Waals surface area contributed by atoms with E-state index in [4.69, 9.17) is 4.74 Å². The van der Waals surface area contributed by atoms with Gasteiger partial charge in [-0.3, -0.25) is 4.68 Å². The molecule has 6 nitrogen and oxygen atoms in total. The van der Waals surface area contributed by atoms with Crippen LogP contribution in [0.2, 0.25) is 0 Å². The molecule has 2 heterocycles. The van der Waals surface area contributed by atoms with Gasteiger partial charge in [0.05, 0.1) is 24.8 Å². The van der Waals surface area contributed by atoms with Crippen molar-refractivity contribution in [2.45, 2.75) is 19.8 Å². The maximum atomic E-state index is 13.5. The summed E-state index contributed by atoms with van der Waals surface area (Å²) in [4.78, 5) is 8.61. The van der Waals surface area contributed by atoms with Crippen molar-refractivity contribution in [3.63, 3.8) is 0 Å². The lowest BCUT2D eigenvalue weighted by atomic mass is 9.88. The molecule has 0 amide bonds. The molecular formula is C24H24FN5O. The van der Waals surface area contributed by atoms with Crippen molar-refractivity contribution in [1.82, 2.24) is 24.3 Å². The van der Waals surface area contributed by atoms with Crippen LogP contribution in [0.25, 0.3) is 17.8 Å². The molecule has 0 saturated carbocycles. The molecule has 0 aliphatic carbocycles. The fourth-order valence-corrected chi connectivity index (χ4v) is 3.57. The molecule has 0 aliphatic rings. The number of halogens is 1. The number of methoxy groups -OCH3 is 1. The molecule has 0 bridgehead atoms. The Bertz CT molecular complexity index is 1220. The minimum Gasteiger partial charge on any atom is -0.495 e. The van der Waals surface area contributed by atoms with Gasteiger partial charge in [0.1, 0.15) is 17.9 Å². The first kappa shape index (κ1) is 20.5. The number of benzene rings is 2. The van der Waals surface area contributed by atoms with E-state index in [9.17, 15) is 4.39 Å². The number of aryl methyl sites for hydroxylation is 2. The fraction of sp³-hybridized carbons (Fsp3) is 0.208. The van der Waals surface area contributed by atoms with Gasteiger partial charge in [-0.15, -0.1) is 0 Å². The topological polar surface area (TPSA) is 57.8 Å². The van der Waals surface area contributed by atoms with Crippen LogP contribution in [0.15, 0.2) is 55.2 Å². The van der Waals surface area contributed by atoms with Crippen molar-refractivity contribution in [3.05, 3.63) is 89.3 Å². The van der Waals surface area contributed by atoms with Gasteiger partial charge in [-0.2, -0.15) is 5.10 Å². The van der Waals surface area contributed by atoms with Crippen LogP contribution >= 0.6 is 0 Å². The van der Waals surface area contributed by atoms with Crippen LogP contribution in [0.5, 0.6) is 5.75 Å². The van der Waals surface area contributed by atoms with Gasteiger partial charge >= 0.3 is 0 Å². The van der Waals surface area contributed by atoms with E-state index in [1.807, 2.05) is 55.1 Å². The number of hydrogen-bond acceptors (Lipinski definition) is 4. The average molecular weight is 417 g/mol. The number of imidazole rings is 1. The third-order valence-electron chi connectivity index (χ3n) is 5.24. The normalized spacial score (nSPS) is 12.4. The van der Waals surface area contributed by atoms with Crippen molar-refractivity contribution in [2.24, 2.45) is 7.05 Å². The molecule has 158 valence electrons. The second-order valence-corrected chi connectivity index (χ2v) is 7.46. The summed E-state index contributed by atoms with van der Waals surface area (Å²) >= 11 is 0. The SMILES string of the molecule is COc1cc(C=Cc2ncn(C)n2)c(C(C)c2ccc(F)cc2)cc1-n1cnc(C)c1. The highest BCUT2D eigenvalue weighted by Gasteiger charge is 2.17. The lowest BCUT2D eigenvalue weighted by molar-refractivity contribution is 0.412. The van der Waals surface area contributed by atoms with Crippen LogP contribution in [0.3, 0.4) is 0 Å². The van der Waals surface area contributed by atoms with E-state index in [1.54, 1.807) is 24.4 Å². The van der Waals surface area contributed by atoms with Crippen LogP contribution < -0.4 is 4.74 Å². The van der Waals surface area contributed by atoms with Gasteiger partial charge in [-0.05, 0) is 54.0 Å². The van der Waals surface area contributed by atoms with E-state index in [0.717, 1.165) is 33.8 Å². The van der Waals surface area contributed by atoms with Crippen molar-refractivity contribution in [1.29, 1.82) is 0 Å². The number of hydrogen-bond donors (Lipinski definition) is 0. The minimum absolute atomic E-state index is 0.0196. The number of rotatable bonds is 6. The Morgan fingerprint density at radius 1 is 1.06 bits per heavy atom. The van der Waals surface area contributed by atoms with Gasteiger partial charge in [0.2, 0.25) is 0 Å². The van der Waals surface area contributed by atoms with E-state index in [2.05, 4.69) is 28.1 Å². The summed E-state index contributed by atoms with van der Waals surface area (Å²) in [6, 6.07) is 10.7. The summed E-state index contributed by atoms with van der Waals surface area (Å²) in [6.45, 7) is 4.05. The molecule has 0 aliphatic heterocycles. The Hall–Kier alpha value is -3.74. The summed E-state index contributed by atoms with van der Waals surface area (Å²) < 4.78 is 22.8. The van der Waals surface area contributed by atoms with Crippen molar-refractivity contribution in [3.8, 4) is 11.4 Å². The summed E-state index contributed by atoms with van der Waals surface area (Å²) in [5.74, 6) is 1.12. The quantitative estimate of drug-likeness (QED) is 0.453. The third kappa shape index (κ3) is 4.40. The van der Waals surface area contributed by atoms with Gasteiger partial charge < -0.3 is 9.30 Å². The summed E-state index contributed by atoms with van der Waals surface area (Å²) in [6.07, 6.45) is 9.24. The van der Waals surface area contributed by atoms with Gasteiger partial charge in [-0.25, -0.2) is 14.4 Å².